The largest absolute Gasteiger partial charge is 0.481 e. The lowest BCUT2D eigenvalue weighted by Gasteiger charge is -2.03. The van der Waals surface area contributed by atoms with Crippen molar-refractivity contribution in [1.82, 2.24) is 0 Å². The van der Waals surface area contributed by atoms with Crippen molar-refractivity contribution >= 4 is 23.5 Å². The molecular formula is C15H16O3S. The van der Waals surface area contributed by atoms with Gasteiger partial charge in [-0.2, -0.15) is 0 Å². The minimum atomic E-state index is -0.810. The Labute approximate surface area is 116 Å². The number of ketones is 1. The van der Waals surface area contributed by atoms with Gasteiger partial charge in [-0.15, -0.1) is 11.8 Å². The molecule has 1 aromatic carbocycles. The summed E-state index contributed by atoms with van der Waals surface area (Å²) in [6, 6.07) is 7.63. The number of carboxylic acid groups (broad SMARTS) is 1. The summed E-state index contributed by atoms with van der Waals surface area (Å²) in [5.41, 5.74) is 1.99. The molecule has 1 N–H and O–H groups in total. The smallest absolute Gasteiger partial charge is 0.307 e. The van der Waals surface area contributed by atoms with Crippen LogP contribution in [0.5, 0.6) is 0 Å². The Morgan fingerprint density at radius 3 is 2.47 bits per heavy atom. The standard InChI is InChI=1S/C15H16O3S/c16-13-2-1-3-14(13)19-9-8-11-4-6-12(7-5-11)10-15(17)18/h3-7H,1-2,8-10H2,(H,17,18). The normalized spacial score (nSPS) is 14.5. The molecule has 0 saturated carbocycles. The molecule has 2 rings (SSSR count). The third-order valence-electron chi connectivity index (χ3n) is 3.00. The van der Waals surface area contributed by atoms with Gasteiger partial charge in [0.15, 0.2) is 5.78 Å². The van der Waals surface area contributed by atoms with Gasteiger partial charge >= 0.3 is 5.97 Å². The fraction of sp³-hybridized carbons (Fsp3) is 0.333. The molecule has 1 aliphatic carbocycles. The van der Waals surface area contributed by atoms with E-state index in [2.05, 4.69) is 0 Å². The first kappa shape index (κ1) is 13.9. The SMILES string of the molecule is O=C(O)Cc1ccc(CCSC2=CCCC2=O)cc1. The predicted molar refractivity (Wildman–Crippen MR) is 76.3 cm³/mol. The van der Waals surface area contributed by atoms with Crippen molar-refractivity contribution in [3.63, 3.8) is 0 Å². The Balaban J connectivity index is 1.80. The summed E-state index contributed by atoms with van der Waals surface area (Å²) in [5, 5.41) is 8.68. The zero-order valence-electron chi connectivity index (χ0n) is 10.6. The van der Waals surface area contributed by atoms with Crippen molar-refractivity contribution < 1.29 is 14.7 Å². The number of hydrogen-bond acceptors (Lipinski definition) is 3. The minimum absolute atomic E-state index is 0.0659. The van der Waals surface area contributed by atoms with Gasteiger partial charge in [-0.1, -0.05) is 30.3 Å². The maximum absolute atomic E-state index is 11.4. The van der Waals surface area contributed by atoms with Crippen molar-refractivity contribution in [1.29, 1.82) is 0 Å². The number of carbonyl (C=O) groups is 2. The molecule has 0 amide bonds. The zero-order chi connectivity index (χ0) is 13.7. The van der Waals surface area contributed by atoms with Crippen LogP contribution in [0.1, 0.15) is 24.0 Å². The average Bonchev–Trinajstić information content (AvgIpc) is 2.77. The van der Waals surface area contributed by atoms with E-state index in [-0.39, 0.29) is 12.2 Å². The van der Waals surface area contributed by atoms with Crippen LogP contribution in [0.2, 0.25) is 0 Å². The fourth-order valence-electron chi connectivity index (χ4n) is 1.99. The Morgan fingerprint density at radius 2 is 1.89 bits per heavy atom. The number of aliphatic carboxylic acids is 1. The maximum atomic E-state index is 11.4. The van der Waals surface area contributed by atoms with Gasteiger partial charge in [0.05, 0.1) is 6.42 Å². The molecule has 0 saturated heterocycles. The second-order valence-corrected chi connectivity index (χ2v) is 5.65. The fourth-order valence-corrected chi connectivity index (χ4v) is 3.04. The first-order valence-corrected chi connectivity index (χ1v) is 7.29. The molecule has 0 aromatic heterocycles. The molecule has 0 spiro atoms. The molecule has 0 bridgehead atoms. The van der Waals surface area contributed by atoms with E-state index in [0.29, 0.717) is 6.42 Å². The first-order chi connectivity index (χ1) is 9.15. The molecular weight excluding hydrogens is 260 g/mol. The van der Waals surface area contributed by atoms with Crippen LogP contribution < -0.4 is 0 Å². The molecule has 19 heavy (non-hydrogen) atoms. The van der Waals surface area contributed by atoms with E-state index in [1.54, 1.807) is 11.8 Å². The molecule has 0 fully saturated rings. The minimum Gasteiger partial charge on any atom is -0.481 e. The molecule has 0 radical (unpaired) electrons. The lowest BCUT2D eigenvalue weighted by atomic mass is 10.1. The molecule has 1 aliphatic rings. The quantitative estimate of drug-likeness (QED) is 0.868. The number of carbonyl (C=O) groups excluding carboxylic acids is 1. The van der Waals surface area contributed by atoms with Crippen molar-refractivity contribution in [2.24, 2.45) is 0 Å². The molecule has 0 atom stereocenters. The summed E-state index contributed by atoms with van der Waals surface area (Å²) in [4.78, 5) is 22.9. The van der Waals surface area contributed by atoms with E-state index in [1.807, 2.05) is 30.3 Å². The highest BCUT2D eigenvalue weighted by Gasteiger charge is 2.14. The van der Waals surface area contributed by atoms with Crippen molar-refractivity contribution in [2.75, 3.05) is 5.75 Å². The van der Waals surface area contributed by atoms with Crippen LogP contribution in [-0.2, 0) is 22.4 Å². The number of aryl methyl sites for hydroxylation is 1. The summed E-state index contributed by atoms with van der Waals surface area (Å²) >= 11 is 1.62. The zero-order valence-corrected chi connectivity index (χ0v) is 11.4. The van der Waals surface area contributed by atoms with Gasteiger partial charge in [0.25, 0.3) is 0 Å². The van der Waals surface area contributed by atoms with Crippen molar-refractivity contribution in [3.05, 3.63) is 46.4 Å². The number of allylic oxidation sites excluding steroid dienone is 2. The van der Waals surface area contributed by atoms with Crippen LogP contribution in [0.15, 0.2) is 35.2 Å². The van der Waals surface area contributed by atoms with E-state index in [1.165, 1.54) is 5.56 Å². The second-order valence-electron chi connectivity index (χ2n) is 4.52. The number of thioether (sulfide) groups is 1. The Kier molecular flexibility index (Phi) is 4.80. The second kappa shape index (κ2) is 6.57. The van der Waals surface area contributed by atoms with E-state index < -0.39 is 5.97 Å². The highest BCUT2D eigenvalue weighted by Crippen LogP contribution is 2.25. The van der Waals surface area contributed by atoms with Gasteiger partial charge in [-0.25, -0.2) is 0 Å². The number of hydrogen-bond donors (Lipinski definition) is 1. The van der Waals surface area contributed by atoms with Crippen LogP contribution in [0, 0.1) is 0 Å². The third kappa shape index (κ3) is 4.24. The monoisotopic (exact) mass is 276 g/mol. The Morgan fingerprint density at radius 1 is 1.21 bits per heavy atom. The Bertz CT molecular complexity index is 503. The lowest BCUT2D eigenvalue weighted by molar-refractivity contribution is -0.136. The molecule has 4 heteroatoms. The van der Waals surface area contributed by atoms with Crippen LogP contribution in [0.25, 0.3) is 0 Å². The summed E-state index contributed by atoms with van der Waals surface area (Å²) < 4.78 is 0. The predicted octanol–water partition coefficient (Wildman–Crippen LogP) is 2.84. The van der Waals surface area contributed by atoms with E-state index >= 15 is 0 Å². The summed E-state index contributed by atoms with van der Waals surface area (Å²) in [7, 11) is 0. The topological polar surface area (TPSA) is 54.4 Å². The van der Waals surface area contributed by atoms with Crippen molar-refractivity contribution in [3.8, 4) is 0 Å². The van der Waals surface area contributed by atoms with E-state index in [4.69, 9.17) is 5.11 Å². The summed E-state index contributed by atoms with van der Waals surface area (Å²) in [6.07, 6.45) is 4.51. The van der Waals surface area contributed by atoms with Gasteiger partial charge in [-0.05, 0) is 24.0 Å². The maximum Gasteiger partial charge on any atom is 0.307 e. The highest BCUT2D eigenvalue weighted by molar-refractivity contribution is 8.04. The highest BCUT2D eigenvalue weighted by atomic mass is 32.2. The van der Waals surface area contributed by atoms with Gasteiger partial charge in [0.2, 0.25) is 0 Å². The van der Waals surface area contributed by atoms with Gasteiger partial charge in [0, 0.05) is 17.1 Å². The molecule has 0 heterocycles. The summed E-state index contributed by atoms with van der Waals surface area (Å²) in [6.45, 7) is 0. The van der Waals surface area contributed by atoms with E-state index in [0.717, 1.165) is 29.1 Å². The summed E-state index contributed by atoms with van der Waals surface area (Å²) in [5.74, 6) is 0.340. The molecule has 3 nitrogen and oxygen atoms in total. The molecule has 0 aliphatic heterocycles. The van der Waals surface area contributed by atoms with Crippen LogP contribution in [0.3, 0.4) is 0 Å². The van der Waals surface area contributed by atoms with Crippen LogP contribution in [0.4, 0.5) is 0 Å². The molecule has 1 aromatic rings. The van der Waals surface area contributed by atoms with E-state index in [9.17, 15) is 9.59 Å². The van der Waals surface area contributed by atoms with Gasteiger partial charge < -0.3 is 5.11 Å². The number of carboxylic acids is 1. The average molecular weight is 276 g/mol. The van der Waals surface area contributed by atoms with Crippen LogP contribution in [-0.4, -0.2) is 22.6 Å². The van der Waals surface area contributed by atoms with Crippen molar-refractivity contribution in [2.45, 2.75) is 25.7 Å². The number of Topliss-reactive ketones (excluding diaryl/α,β-unsaturated/α-hetero) is 1. The lowest BCUT2D eigenvalue weighted by Crippen LogP contribution is -2.00. The third-order valence-corrected chi connectivity index (χ3v) is 4.12. The number of rotatable bonds is 6. The number of benzene rings is 1. The Hall–Kier alpha value is -1.55. The van der Waals surface area contributed by atoms with Gasteiger partial charge in [0.1, 0.15) is 0 Å². The van der Waals surface area contributed by atoms with Crippen LogP contribution >= 0.6 is 11.8 Å². The molecule has 0 unspecified atom stereocenters. The first-order valence-electron chi connectivity index (χ1n) is 6.31. The van der Waals surface area contributed by atoms with Gasteiger partial charge in [-0.3, -0.25) is 9.59 Å². The molecule has 100 valence electrons.